The summed E-state index contributed by atoms with van der Waals surface area (Å²) in [5.74, 6) is 0.574. The summed E-state index contributed by atoms with van der Waals surface area (Å²) in [6.07, 6.45) is 1.86. The molecule has 2 aromatic heterocycles. The molecule has 4 rings (SSSR count). The molecule has 0 saturated carbocycles. The van der Waals surface area contributed by atoms with Crippen molar-refractivity contribution < 1.29 is 9.53 Å². The lowest BCUT2D eigenvalue weighted by molar-refractivity contribution is 0.0979. The molecule has 2 aromatic carbocycles. The summed E-state index contributed by atoms with van der Waals surface area (Å²) in [7, 11) is 0. The number of hydrogen-bond donors (Lipinski definition) is 0. The van der Waals surface area contributed by atoms with Gasteiger partial charge in [0, 0.05) is 11.9 Å². The Hall–Kier alpha value is -3.60. The average Bonchev–Trinajstić information content (AvgIpc) is 3.10. The first-order chi connectivity index (χ1) is 14.2. The van der Waals surface area contributed by atoms with Crippen molar-refractivity contribution in [2.24, 2.45) is 0 Å². The second-order valence-corrected chi connectivity index (χ2v) is 6.76. The van der Waals surface area contributed by atoms with Crippen molar-refractivity contribution >= 4 is 17.2 Å². The van der Waals surface area contributed by atoms with Gasteiger partial charge in [0.05, 0.1) is 18.8 Å². The van der Waals surface area contributed by atoms with Gasteiger partial charge in [-0.3, -0.25) is 9.20 Å². The Balaban J connectivity index is 1.80. The number of aromatic nitrogens is 2. The van der Waals surface area contributed by atoms with E-state index in [1.165, 1.54) is 0 Å². The van der Waals surface area contributed by atoms with E-state index in [9.17, 15) is 4.79 Å². The Bertz CT molecular complexity index is 1120. The second kappa shape index (κ2) is 8.19. The topological polar surface area (TPSA) is 46.8 Å². The molecule has 0 atom stereocenters. The minimum Gasteiger partial charge on any atom is -0.490 e. The second-order valence-electron chi connectivity index (χ2n) is 6.76. The number of anilines is 1. The molecule has 0 aliphatic rings. The Labute approximate surface area is 170 Å². The zero-order valence-corrected chi connectivity index (χ0v) is 16.6. The Morgan fingerprint density at radius 2 is 1.69 bits per heavy atom. The van der Waals surface area contributed by atoms with Crippen molar-refractivity contribution in [1.29, 1.82) is 0 Å². The van der Waals surface area contributed by atoms with E-state index >= 15 is 0 Å². The average molecular weight is 385 g/mol. The Morgan fingerprint density at radius 3 is 2.38 bits per heavy atom. The first kappa shape index (κ1) is 18.7. The van der Waals surface area contributed by atoms with Crippen LogP contribution < -0.4 is 9.64 Å². The highest BCUT2D eigenvalue weighted by atomic mass is 16.5. The molecule has 0 saturated heterocycles. The Morgan fingerprint density at radius 1 is 1.00 bits per heavy atom. The van der Waals surface area contributed by atoms with E-state index in [1.807, 2.05) is 97.2 Å². The zero-order valence-electron chi connectivity index (χ0n) is 16.6. The molecule has 0 aliphatic carbocycles. The van der Waals surface area contributed by atoms with Gasteiger partial charge in [0.25, 0.3) is 5.91 Å². The van der Waals surface area contributed by atoms with Gasteiger partial charge in [-0.05, 0) is 43.7 Å². The molecule has 146 valence electrons. The summed E-state index contributed by atoms with van der Waals surface area (Å²) < 4.78 is 7.52. The van der Waals surface area contributed by atoms with Gasteiger partial charge in [0.2, 0.25) is 0 Å². The van der Waals surface area contributed by atoms with Crippen LogP contribution in [0.3, 0.4) is 0 Å². The largest absolute Gasteiger partial charge is 0.490 e. The molecular weight excluding hydrogens is 362 g/mol. The van der Waals surface area contributed by atoms with E-state index in [0.29, 0.717) is 35.9 Å². The van der Waals surface area contributed by atoms with Crippen LogP contribution in [-0.4, -0.2) is 21.9 Å². The summed E-state index contributed by atoms with van der Waals surface area (Å²) in [6.45, 7) is 4.81. The molecule has 1 amide bonds. The normalized spacial score (nSPS) is 10.8. The molecular formula is C24H23N3O2. The third kappa shape index (κ3) is 3.72. The smallest absolute Gasteiger partial charge is 0.277 e. The molecule has 0 aliphatic heterocycles. The van der Waals surface area contributed by atoms with Crippen molar-refractivity contribution in [2.45, 2.75) is 20.4 Å². The lowest BCUT2D eigenvalue weighted by Crippen LogP contribution is -2.31. The molecule has 0 bridgehead atoms. The van der Waals surface area contributed by atoms with Crippen LogP contribution in [0, 0.1) is 6.92 Å². The van der Waals surface area contributed by atoms with Gasteiger partial charge in [-0.25, -0.2) is 4.98 Å². The fourth-order valence-corrected chi connectivity index (χ4v) is 3.46. The lowest BCUT2D eigenvalue weighted by atomic mass is 10.1. The predicted octanol–water partition coefficient (Wildman–Crippen LogP) is 4.89. The molecule has 5 heteroatoms. The molecule has 2 heterocycles. The van der Waals surface area contributed by atoms with E-state index in [4.69, 9.17) is 4.74 Å². The SMILES string of the molecule is CCOc1cccn2c(C(=O)N(Cc3ccccc3)c3ccccc3)c(C)nc12. The van der Waals surface area contributed by atoms with Crippen LogP contribution in [-0.2, 0) is 6.54 Å². The number of fused-ring (bicyclic) bond motifs is 1. The number of carbonyl (C=O) groups excluding carboxylic acids is 1. The van der Waals surface area contributed by atoms with Crippen LogP contribution in [0.1, 0.15) is 28.7 Å². The van der Waals surface area contributed by atoms with E-state index < -0.39 is 0 Å². The minimum absolute atomic E-state index is 0.0984. The van der Waals surface area contributed by atoms with E-state index in [0.717, 1.165) is 11.3 Å². The third-order valence-corrected chi connectivity index (χ3v) is 4.79. The molecule has 29 heavy (non-hydrogen) atoms. The number of amides is 1. The number of rotatable bonds is 6. The fourth-order valence-electron chi connectivity index (χ4n) is 3.46. The summed E-state index contributed by atoms with van der Waals surface area (Å²) in [5.41, 5.74) is 3.78. The van der Waals surface area contributed by atoms with Crippen LogP contribution in [0.2, 0.25) is 0 Å². The monoisotopic (exact) mass is 385 g/mol. The molecule has 0 spiro atoms. The highest BCUT2D eigenvalue weighted by molar-refractivity contribution is 6.06. The zero-order chi connectivity index (χ0) is 20.2. The van der Waals surface area contributed by atoms with Crippen LogP contribution in [0.25, 0.3) is 5.65 Å². The maximum atomic E-state index is 13.7. The van der Waals surface area contributed by atoms with E-state index in [1.54, 1.807) is 4.90 Å². The van der Waals surface area contributed by atoms with Gasteiger partial charge in [0.15, 0.2) is 11.4 Å². The Kier molecular flexibility index (Phi) is 5.29. The minimum atomic E-state index is -0.0984. The van der Waals surface area contributed by atoms with Crippen molar-refractivity contribution in [3.8, 4) is 5.75 Å². The van der Waals surface area contributed by atoms with Crippen LogP contribution >= 0.6 is 0 Å². The number of nitrogens with zero attached hydrogens (tertiary/aromatic N) is 3. The van der Waals surface area contributed by atoms with Crippen molar-refractivity contribution in [3.63, 3.8) is 0 Å². The van der Waals surface area contributed by atoms with Crippen LogP contribution in [0.15, 0.2) is 79.0 Å². The number of imidazole rings is 1. The maximum Gasteiger partial charge on any atom is 0.277 e. The highest BCUT2D eigenvalue weighted by Gasteiger charge is 2.25. The number of para-hydroxylation sites is 1. The van der Waals surface area contributed by atoms with Gasteiger partial charge in [-0.1, -0.05) is 48.5 Å². The summed E-state index contributed by atoms with van der Waals surface area (Å²) >= 11 is 0. The number of hydrogen-bond acceptors (Lipinski definition) is 3. The molecule has 0 fully saturated rings. The quantitative estimate of drug-likeness (QED) is 0.475. The van der Waals surface area contributed by atoms with E-state index in [-0.39, 0.29) is 5.91 Å². The number of aryl methyl sites for hydroxylation is 1. The van der Waals surface area contributed by atoms with Crippen molar-refractivity contribution in [2.75, 3.05) is 11.5 Å². The number of carbonyl (C=O) groups is 1. The highest BCUT2D eigenvalue weighted by Crippen LogP contribution is 2.26. The first-order valence-corrected chi connectivity index (χ1v) is 9.70. The molecule has 0 radical (unpaired) electrons. The number of ether oxygens (including phenoxy) is 1. The van der Waals surface area contributed by atoms with Crippen molar-refractivity contribution in [1.82, 2.24) is 9.38 Å². The lowest BCUT2D eigenvalue weighted by Gasteiger charge is -2.23. The third-order valence-electron chi connectivity index (χ3n) is 4.79. The predicted molar refractivity (Wildman–Crippen MR) is 114 cm³/mol. The van der Waals surface area contributed by atoms with Gasteiger partial charge in [-0.15, -0.1) is 0 Å². The van der Waals surface area contributed by atoms with Gasteiger partial charge in [0.1, 0.15) is 5.69 Å². The van der Waals surface area contributed by atoms with Crippen LogP contribution in [0.5, 0.6) is 5.75 Å². The first-order valence-electron chi connectivity index (χ1n) is 9.70. The summed E-state index contributed by atoms with van der Waals surface area (Å²) in [4.78, 5) is 20.2. The van der Waals surface area contributed by atoms with Crippen molar-refractivity contribution in [3.05, 3.63) is 95.9 Å². The number of pyridine rings is 1. The molecule has 0 unspecified atom stereocenters. The summed E-state index contributed by atoms with van der Waals surface area (Å²) in [6, 6.07) is 23.5. The molecule has 4 aromatic rings. The van der Waals surface area contributed by atoms with Gasteiger partial charge >= 0.3 is 0 Å². The standard InChI is InChI=1S/C24H23N3O2/c1-3-29-21-15-10-16-26-22(18(2)25-23(21)26)24(28)27(20-13-8-5-9-14-20)17-19-11-6-4-7-12-19/h4-16H,3,17H2,1-2H3. The number of benzene rings is 2. The maximum absolute atomic E-state index is 13.7. The fraction of sp³-hybridized carbons (Fsp3) is 0.167. The van der Waals surface area contributed by atoms with Crippen LogP contribution in [0.4, 0.5) is 5.69 Å². The molecule has 5 nitrogen and oxygen atoms in total. The summed E-state index contributed by atoms with van der Waals surface area (Å²) in [5, 5.41) is 0. The van der Waals surface area contributed by atoms with Gasteiger partial charge < -0.3 is 9.64 Å². The molecule has 0 N–H and O–H groups in total. The van der Waals surface area contributed by atoms with E-state index in [2.05, 4.69) is 4.98 Å². The van der Waals surface area contributed by atoms with Gasteiger partial charge in [-0.2, -0.15) is 0 Å².